The summed E-state index contributed by atoms with van der Waals surface area (Å²) in [6, 6.07) is 3.67. The van der Waals surface area contributed by atoms with Crippen molar-refractivity contribution in [3.63, 3.8) is 0 Å². The topological polar surface area (TPSA) is 113 Å². The monoisotopic (exact) mass is 280 g/mol. The number of esters is 1. The van der Waals surface area contributed by atoms with Gasteiger partial charge in [-0.15, -0.1) is 0 Å². The molecule has 0 bridgehead atoms. The fourth-order valence-electron chi connectivity index (χ4n) is 1.71. The van der Waals surface area contributed by atoms with E-state index >= 15 is 0 Å². The summed E-state index contributed by atoms with van der Waals surface area (Å²) in [5.74, 6) is -0.752. The van der Waals surface area contributed by atoms with Gasteiger partial charge in [0.1, 0.15) is 6.10 Å². The van der Waals surface area contributed by atoms with Crippen LogP contribution in [0.15, 0.2) is 30.9 Å². The van der Waals surface area contributed by atoms with Crippen LogP contribution >= 0.6 is 0 Å². The molecule has 8 heteroatoms. The first-order valence-corrected chi connectivity index (χ1v) is 5.67. The van der Waals surface area contributed by atoms with Gasteiger partial charge in [0.25, 0.3) is 0 Å². The Morgan fingerprint density at radius 3 is 2.50 bits per heavy atom. The molecular weight excluding hydrogens is 268 g/mol. The Labute approximate surface area is 114 Å². The van der Waals surface area contributed by atoms with Gasteiger partial charge in [-0.1, -0.05) is 19.6 Å². The summed E-state index contributed by atoms with van der Waals surface area (Å²) in [6.07, 6.45) is 0.216. The van der Waals surface area contributed by atoms with Gasteiger partial charge >= 0.3 is 17.3 Å². The average molecular weight is 280 g/mol. The van der Waals surface area contributed by atoms with E-state index in [1.807, 2.05) is 0 Å². The smallest absolute Gasteiger partial charge is 0.352 e. The number of benzene rings is 1. The molecule has 0 aliphatic rings. The van der Waals surface area contributed by atoms with Crippen molar-refractivity contribution in [1.82, 2.24) is 0 Å². The molecule has 0 aromatic heterocycles. The Morgan fingerprint density at radius 1 is 1.40 bits per heavy atom. The van der Waals surface area contributed by atoms with Crippen LogP contribution in [0, 0.1) is 20.2 Å². The van der Waals surface area contributed by atoms with Crippen LogP contribution in [0.3, 0.4) is 0 Å². The highest BCUT2D eigenvalue weighted by atomic mass is 16.6. The number of rotatable bonds is 6. The molecule has 106 valence electrons. The van der Waals surface area contributed by atoms with E-state index in [2.05, 4.69) is 6.58 Å². The standard InChI is InChI=1S/C12H12N2O6/c1-3-10(20-11(15)4-2)8-6-5-7-9(13(16)17)12(8)14(18)19/h4-7,10H,2-3H2,1H3. The summed E-state index contributed by atoms with van der Waals surface area (Å²) in [7, 11) is 0. The largest absolute Gasteiger partial charge is 0.454 e. The van der Waals surface area contributed by atoms with Gasteiger partial charge in [0.05, 0.1) is 15.4 Å². The molecule has 1 atom stereocenters. The fourth-order valence-corrected chi connectivity index (χ4v) is 1.71. The lowest BCUT2D eigenvalue weighted by Crippen LogP contribution is -2.11. The third-order valence-electron chi connectivity index (χ3n) is 2.57. The maximum absolute atomic E-state index is 11.2. The van der Waals surface area contributed by atoms with Gasteiger partial charge in [-0.2, -0.15) is 0 Å². The zero-order valence-electron chi connectivity index (χ0n) is 10.6. The highest BCUT2D eigenvalue weighted by Crippen LogP contribution is 2.36. The van der Waals surface area contributed by atoms with Crippen LogP contribution in [0.25, 0.3) is 0 Å². The molecule has 0 saturated carbocycles. The second-order valence-electron chi connectivity index (χ2n) is 3.77. The molecular formula is C12H12N2O6. The molecule has 0 aliphatic carbocycles. The van der Waals surface area contributed by atoms with E-state index in [1.54, 1.807) is 6.92 Å². The Kier molecular flexibility index (Phi) is 4.90. The second kappa shape index (κ2) is 6.41. The van der Waals surface area contributed by atoms with Crippen molar-refractivity contribution in [1.29, 1.82) is 0 Å². The van der Waals surface area contributed by atoms with E-state index in [0.29, 0.717) is 0 Å². The molecule has 0 amide bonds. The van der Waals surface area contributed by atoms with Crippen LogP contribution in [0.5, 0.6) is 0 Å². The van der Waals surface area contributed by atoms with Gasteiger partial charge in [0.2, 0.25) is 0 Å². The van der Waals surface area contributed by atoms with E-state index in [4.69, 9.17) is 4.74 Å². The zero-order valence-corrected chi connectivity index (χ0v) is 10.6. The summed E-state index contributed by atoms with van der Waals surface area (Å²) in [5.41, 5.74) is -1.32. The minimum absolute atomic E-state index is 0.0121. The van der Waals surface area contributed by atoms with Crippen LogP contribution in [0.4, 0.5) is 11.4 Å². The second-order valence-corrected chi connectivity index (χ2v) is 3.77. The van der Waals surface area contributed by atoms with Crippen molar-refractivity contribution in [2.24, 2.45) is 0 Å². The van der Waals surface area contributed by atoms with Crippen molar-refractivity contribution >= 4 is 17.3 Å². The van der Waals surface area contributed by atoms with Gasteiger partial charge in [0.15, 0.2) is 0 Å². The summed E-state index contributed by atoms with van der Waals surface area (Å²) in [4.78, 5) is 31.4. The zero-order chi connectivity index (χ0) is 15.3. The summed E-state index contributed by atoms with van der Waals surface area (Å²) in [6.45, 7) is 4.87. The third-order valence-corrected chi connectivity index (χ3v) is 2.57. The summed E-state index contributed by atoms with van der Waals surface area (Å²) >= 11 is 0. The van der Waals surface area contributed by atoms with Crippen LogP contribution in [-0.4, -0.2) is 15.8 Å². The SMILES string of the molecule is C=CC(=O)OC(CC)c1cccc([N+](=O)[O-])c1[N+](=O)[O-]. The minimum Gasteiger partial charge on any atom is -0.454 e. The molecule has 0 saturated heterocycles. The first-order valence-electron chi connectivity index (χ1n) is 5.67. The van der Waals surface area contributed by atoms with Crippen LogP contribution < -0.4 is 0 Å². The molecule has 1 aromatic rings. The lowest BCUT2D eigenvalue weighted by molar-refractivity contribution is -0.423. The van der Waals surface area contributed by atoms with E-state index in [9.17, 15) is 25.0 Å². The minimum atomic E-state index is -0.944. The predicted molar refractivity (Wildman–Crippen MR) is 69.1 cm³/mol. The van der Waals surface area contributed by atoms with Crippen molar-refractivity contribution in [2.45, 2.75) is 19.4 Å². The maximum atomic E-state index is 11.2. The van der Waals surface area contributed by atoms with Crippen LogP contribution in [0.1, 0.15) is 25.0 Å². The number of nitro groups is 2. The Morgan fingerprint density at radius 2 is 2.05 bits per heavy atom. The number of hydrogen-bond donors (Lipinski definition) is 0. The molecule has 0 fully saturated rings. The number of nitro benzene ring substituents is 2. The van der Waals surface area contributed by atoms with Gasteiger partial charge in [0, 0.05) is 12.1 Å². The van der Waals surface area contributed by atoms with Crippen LogP contribution in [-0.2, 0) is 9.53 Å². The molecule has 0 radical (unpaired) electrons. The molecule has 0 heterocycles. The molecule has 0 N–H and O–H groups in total. The van der Waals surface area contributed by atoms with Crippen LogP contribution in [0.2, 0.25) is 0 Å². The number of ether oxygens (including phenoxy) is 1. The van der Waals surface area contributed by atoms with Gasteiger partial charge in [-0.25, -0.2) is 4.79 Å². The first kappa shape index (κ1) is 15.3. The quantitative estimate of drug-likeness (QED) is 0.342. The molecule has 1 aromatic carbocycles. The molecule has 0 spiro atoms. The number of nitrogens with zero attached hydrogens (tertiary/aromatic N) is 2. The van der Waals surface area contributed by atoms with Crippen molar-refractivity contribution in [3.05, 3.63) is 56.6 Å². The van der Waals surface area contributed by atoms with Gasteiger partial charge in [-0.3, -0.25) is 20.2 Å². The normalized spacial score (nSPS) is 11.4. The molecule has 1 rings (SSSR count). The number of para-hydroxylation sites is 1. The van der Waals surface area contributed by atoms with E-state index in [-0.39, 0.29) is 12.0 Å². The van der Waals surface area contributed by atoms with Crippen molar-refractivity contribution in [3.8, 4) is 0 Å². The van der Waals surface area contributed by atoms with Crippen molar-refractivity contribution in [2.75, 3.05) is 0 Å². The van der Waals surface area contributed by atoms with E-state index in [0.717, 1.165) is 12.1 Å². The highest BCUT2D eigenvalue weighted by molar-refractivity contribution is 5.81. The van der Waals surface area contributed by atoms with Gasteiger partial charge < -0.3 is 4.74 Å². The summed E-state index contributed by atoms with van der Waals surface area (Å²) in [5, 5.41) is 21.9. The lowest BCUT2D eigenvalue weighted by atomic mass is 10.0. The Hall–Kier alpha value is -2.77. The molecule has 20 heavy (non-hydrogen) atoms. The van der Waals surface area contributed by atoms with Crippen molar-refractivity contribution < 1.29 is 19.4 Å². The number of carbonyl (C=O) groups is 1. The van der Waals surface area contributed by atoms with E-state index < -0.39 is 33.3 Å². The number of carbonyl (C=O) groups excluding carboxylic acids is 1. The molecule has 8 nitrogen and oxygen atoms in total. The average Bonchev–Trinajstić information content (AvgIpc) is 2.43. The lowest BCUT2D eigenvalue weighted by Gasteiger charge is -2.15. The predicted octanol–water partition coefficient (Wildman–Crippen LogP) is 2.68. The first-order chi connectivity index (χ1) is 9.42. The Balaban J connectivity index is 3.38. The van der Waals surface area contributed by atoms with Gasteiger partial charge in [-0.05, 0) is 12.5 Å². The number of hydrogen-bond acceptors (Lipinski definition) is 6. The summed E-state index contributed by atoms with van der Waals surface area (Å²) < 4.78 is 4.98. The molecule has 0 aliphatic heterocycles. The maximum Gasteiger partial charge on any atom is 0.352 e. The third kappa shape index (κ3) is 3.16. The molecule has 1 unspecified atom stereocenters. The Bertz CT molecular complexity index is 569. The highest BCUT2D eigenvalue weighted by Gasteiger charge is 2.32. The fraction of sp³-hybridized carbons (Fsp3) is 0.250. The van der Waals surface area contributed by atoms with E-state index in [1.165, 1.54) is 12.1 Å².